The molecule has 0 N–H and O–H groups in total. The van der Waals surface area contributed by atoms with Crippen molar-refractivity contribution in [1.82, 2.24) is 0 Å². The predicted molar refractivity (Wildman–Crippen MR) is 263 cm³/mol. The summed E-state index contributed by atoms with van der Waals surface area (Å²) >= 11 is -3.93. The molecule has 0 aromatic heterocycles. The monoisotopic (exact) mass is 970 g/mol. The molecular formula is C54H105O6Sn. The summed E-state index contributed by atoms with van der Waals surface area (Å²) in [4.78, 5) is 38.4. The third kappa shape index (κ3) is 50.1. The van der Waals surface area contributed by atoms with Crippen molar-refractivity contribution in [2.75, 3.05) is 0 Å². The van der Waals surface area contributed by atoms with Gasteiger partial charge >= 0.3 is 255 Å². The summed E-state index contributed by atoms with van der Waals surface area (Å²) in [6, 6.07) is 0. The summed E-state index contributed by atoms with van der Waals surface area (Å²) in [7, 11) is 0. The molecule has 0 fully saturated rings. The van der Waals surface area contributed by atoms with Gasteiger partial charge in [-0.1, -0.05) is 136 Å². The zero-order valence-electron chi connectivity index (χ0n) is 41.4. The molecule has 7 heteroatoms. The molecule has 61 heavy (non-hydrogen) atoms. The number of rotatable bonds is 51. The van der Waals surface area contributed by atoms with E-state index in [0.29, 0.717) is 0 Å². The Balaban J connectivity index is 4.31. The molecular weight excluding hydrogens is 863 g/mol. The van der Waals surface area contributed by atoms with Gasteiger partial charge in [0, 0.05) is 0 Å². The van der Waals surface area contributed by atoms with Gasteiger partial charge in [0.05, 0.1) is 0 Å². The van der Waals surface area contributed by atoms with Crippen molar-refractivity contribution in [2.24, 2.45) is 0 Å². The molecule has 6 nitrogen and oxygen atoms in total. The molecule has 0 bridgehead atoms. The van der Waals surface area contributed by atoms with Crippen molar-refractivity contribution in [3.8, 4) is 0 Å². The van der Waals surface area contributed by atoms with Crippen LogP contribution < -0.4 is 0 Å². The fraction of sp³-hybridized carbons (Fsp3) is 0.944. The molecule has 0 unspecified atom stereocenters. The molecule has 0 saturated heterocycles. The first kappa shape index (κ1) is 60.2. The van der Waals surface area contributed by atoms with E-state index >= 15 is 0 Å². The first-order valence-electron chi connectivity index (χ1n) is 27.5. The normalized spacial score (nSPS) is 11.4. The number of hydrogen-bond donors (Lipinski definition) is 0. The van der Waals surface area contributed by atoms with Gasteiger partial charge in [-0.05, 0) is 0 Å². The molecule has 0 aliphatic rings. The van der Waals surface area contributed by atoms with E-state index in [2.05, 4.69) is 20.8 Å². The Hall–Kier alpha value is -0.791. The molecule has 0 heterocycles. The summed E-state index contributed by atoms with van der Waals surface area (Å²) < 4.78 is 16.9. The zero-order chi connectivity index (χ0) is 44.4. The average molecular weight is 969 g/mol. The molecule has 0 aromatic carbocycles. The Morgan fingerprint density at radius 1 is 0.230 bits per heavy atom. The standard InChI is InChI=1S/3C18H36O2.Sn/c3*1-2-3-4-5-6-7-8-9-10-11-12-13-14-15-16-17-18(19)20;/h3*2-17H2,1H3,(H,19,20);/q;;;+3/p-3. The Labute approximate surface area is 389 Å². The van der Waals surface area contributed by atoms with Crippen LogP contribution in [0.5, 0.6) is 0 Å². The maximum absolute atomic E-state index is 12.8. The van der Waals surface area contributed by atoms with Gasteiger partial charge in [-0.3, -0.25) is 0 Å². The topological polar surface area (TPSA) is 78.9 Å². The van der Waals surface area contributed by atoms with E-state index < -0.39 is 21.0 Å². The zero-order valence-corrected chi connectivity index (χ0v) is 44.2. The van der Waals surface area contributed by atoms with Crippen molar-refractivity contribution in [2.45, 2.75) is 329 Å². The van der Waals surface area contributed by atoms with Crippen LogP contribution in [-0.2, 0) is 23.6 Å². The second-order valence-electron chi connectivity index (χ2n) is 18.8. The van der Waals surface area contributed by atoms with Crippen molar-refractivity contribution in [1.29, 1.82) is 0 Å². The minimum Gasteiger partial charge on any atom is -0.0654 e. The van der Waals surface area contributed by atoms with E-state index in [1.807, 2.05) is 0 Å². The smallest absolute Gasteiger partial charge is 0.0654 e. The van der Waals surface area contributed by atoms with Gasteiger partial charge in [-0.2, -0.15) is 0 Å². The second kappa shape index (κ2) is 51.8. The predicted octanol–water partition coefficient (Wildman–Crippen LogP) is 18.4. The summed E-state index contributed by atoms with van der Waals surface area (Å²) in [5.41, 5.74) is 0. The molecule has 0 aliphatic heterocycles. The molecule has 0 amide bonds. The van der Waals surface area contributed by atoms with Gasteiger partial charge in [0.1, 0.15) is 0 Å². The number of hydrogen-bond acceptors (Lipinski definition) is 6. The Morgan fingerprint density at radius 2 is 0.361 bits per heavy atom. The number of unbranched alkanes of at least 4 members (excludes halogenated alkanes) is 42. The second-order valence-corrected chi connectivity index (χ2v) is 21.9. The van der Waals surface area contributed by atoms with E-state index in [1.165, 1.54) is 231 Å². The first-order chi connectivity index (χ1) is 30.0. The maximum atomic E-state index is 12.8. The van der Waals surface area contributed by atoms with E-state index in [-0.39, 0.29) is 37.2 Å². The molecule has 0 spiro atoms. The van der Waals surface area contributed by atoms with Gasteiger partial charge in [-0.25, -0.2) is 0 Å². The van der Waals surface area contributed by atoms with Gasteiger partial charge in [0.25, 0.3) is 0 Å². The molecule has 1 radical (unpaired) electrons. The van der Waals surface area contributed by atoms with Crippen LogP contribution in [0.15, 0.2) is 0 Å². The quantitative estimate of drug-likeness (QED) is 0.0446. The Kier molecular flexibility index (Phi) is 51.2. The average Bonchev–Trinajstić information content (AvgIpc) is 3.25. The van der Waals surface area contributed by atoms with E-state index in [0.717, 1.165) is 57.8 Å². The minimum absolute atomic E-state index is 0.287. The van der Waals surface area contributed by atoms with E-state index in [9.17, 15) is 14.4 Å². The van der Waals surface area contributed by atoms with Crippen LogP contribution in [0.1, 0.15) is 329 Å². The molecule has 0 saturated carbocycles. The SMILES string of the molecule is CCCCCCCCCCCCCCCCCC(=O)[O][Sn]([O]C(=O)CCCCCCCCCCCCCCCCC)[O]C(=O)CCCCCCCCCCCCCCCCC. The summed E-state index contributed by atoms with van der Waals surface area (Å²) in [6.07, 6.45) is 58.0. The van der Waals surface area contributed by atoms with Crippen LogP contribution in [0.4, 0.5) is 0 Å². The van der Waals surface area contributed by atoms with Crippen LogP contribution in [0.2, 0.25) is 0 Å². The van der Waals surface area contributed by atoms with E-state index in [4.69, 9.17) is 9.22 Å². The first-order valence-corrected chi connectivity index (χ1v) is 31.0. The van der Waals surface area contributed by atoms with Crippen LogP contribution in [0, 0.1) is 0 Å². The van der Waals surface area contributed by atoms with Crippen LogP contribution in [0.25, 0.3) is 0 Å². The van der Waals surface area contributed by atoms with Gasteiger partial charge in [0.15, 0.2) is 0 Å². The summed E-state index contributed by atoms with van der Waals surface area (Å²) in [6.45, 7) is 6.82. The molecule has 0 rings (SSSR count). The Bertz CT molecular complexity index is 798. The van der Waals surface area contributed by atoms with Gasteiger partial charge < -0.3 is 0 Å². The van der Waals surface area contributed by atoms with Crippen molar-refractivity contribution in [3.05, 3.63) is 0 Å². The molecule has 0 atom stereocenters. The third-order valence-electron chi connectivity index (χ3n) is 12.5. The van der Waals surface area contributed by atoms with E-state index in [1.54, 1.807) is 0 Å². The molecule has 0 aromatic rings. The molecule has 0 aliphatic carbocycles. The van der Waals surface area contributed by atoms with Crippen LogP contribution in [0.3, 0.4) is 0 Å². The van der Waals surface area contributed by atoms with Crippen molar-refractivity contribution < 1.29 is 23.6 Å². The van der Waals surface area contributed by atoms with Crippen LogP contribution >= 0.6 is 0 Å². The third-order valence-corrected chi connectivity index (χ3v) is 15.9. The van der Waals surface area contributed by atoms with Crippen molar-refractivity contribution >= 4 is 38.9 Å². The number of carbonyl (C=O) groups excluding carboxylic acids is 3. The molecule has 361 valence electrons. The van der Waals surface area contributed by atoms with Gasteiger partial charge in [-0.15, -0.1) is 0 Å². The fourth-order valence-electron chi connectivity index (χ4n) is 8.42. The fourth-order valence-corrected chi connectivity index (χ4v) is 11.2. The number of carbonyl (C=O) groups is 3. The minimum atomic E-state index is -3.93. The summed E-state index contributed by atoms with van der Waals surface area (Å²) in [5, 5.41) is 0. The van der Waals surface area contributed by atoms with Gasteiger partial charge in [0.2, 0.25) is 0 Å². The van der Waals surface area contributed by atoms with Crippen molar-refractivity contribution in [3.63, 3.8) is 0 Å². The van der Waals surface area contributed by atoms with Crippen LogP contribution in [-0.4, -0.2) is 38.9 Å². The Morgan fingerprint density at radius 3 is 0.508 bits per heavy atom. The summed E-state index contributed by atoms with van der Waals surface area (Å²) in [5.74, 6) is -1.16.